The maximum atomic E-state index is 12.1. The molecule has 5 nitrogen and oxygen atoms in total. The number of ether oxygens (including phenoxy) is 2. The van der Waals surface area contributed by atoms with E-state index in [0.717, 1.165) is 31.4 Å². The lowest BCUT2D eigenvalue weighted by molar-refractivity contribution is -0.146. The first kappa shape index (κ1) is 15.4. The molecular formula is C16H21NO4. The van der Waals surface area contributed by atoms with Crippen LogP contribution in [0.4, 0.5) is 0 Å². The van der Waals surface area contributed by atoms with Crippen molar-refractivity contribution in [1.82, 2.24) is 5.32 Å². The van der Waals surface area contributed by atoms with Gasteiger partial charge in [0.2, 0.25) is 0 Å². The van der Waals surface area contributed by atoms with Gasteiger partial charge in [-0.1, -0.05) is 0 Å². The fourth-order valence-electron chi connectivity index (χ4n) is 2.65. The van der Waals surface area contributed by atoms with Crippen LogP contribution in [-0.4, -0.2) is 32.1 Å². The van der Waals surface area contributed by atoms with Gasteiger partial charge in [-0.05, 0) is 49.9 Å². The Hall–Kier alpha value is -2.04. The van der Waals surface area contributed by atoms with E-state index in [-0.39, 0.29) is 23.8 Å². The quantitative estimate of drug-likeness (QED) is 0.863. The number of carbonyl (C=O) groups is 2. The first-order valence-electron chi connectivity index (χ1n) is 7.16. The van der Waals surface area contributed by atoms with Gasteiger partial charge in [0.15, 0.2) is 0 Å². The van der Waals surface area contributed by atoms with Crippen LogP contribution in [0.15, 0.2) is 24.3 Å². The molecule has 0 bridgehead atoms. The molecule has 0 spiro atoms. The molecule has 1 amide bonds. The van der Waals surface area contributed by atoms with Crippen molar-refractivity contribution in [2.45, 2.75) is 31.7 Å². The lowest BCUT2D eigenvalue weighted by Gasteiger charge is -2.27. The Morgan fingerprint density at radius 1 is 1.05 bits per heavy atom. The lowest BCUT2D eigenvalue weighted by atomic mass is 9.86. The highest BCUT2D eigenvalue weighted by Crippen LogP contribution is 2.25. The van der Waals surface area contributed by atoms with Gasteiger partial charge in [-0.15, -0.1) is 0 Å². The van der Waals surface area contributed by atoms with Crippen LogP contribution in [0.1, 0.15) is 36.0 Å². The molecule has 1 aliphatic carbocycles. The molecule has 114 valence electrons. The van der Waals surface area contributed by atoms with Crippen LogP contribution in [0.3, 0.4) is 0 Å². The van der Waals surface area contributed by atoms with Crippen molar-refractivity contribution in [3.63, 3.8) is 0 Å². The van der Waals surface area contributed by atoms with Gasteiger partial charge in [0, 0.05) is 11.6 Å². The van der Waals surface area contributed by atoms with E-state index in [2.05, 4.69) is 5.32 Å². The predicted octanol–water partition coefficient (Wildman–Crippen LogP) is 2.16. The number of rotatable bonds is 4. The second kappa shape index (κ2) is 7.11. The molecule has 0 heterocycles. The Bertz CT molecular complexity index is 490. The molecule has 1 N–H and O–H groups in total. The summed E-state index contributed by atoms with van der Waals surface area (Å²) in [6.07, 6.45) is 3.14. The number of amides is 1. The van der Waals surface area contributed by atoms with Crippen molar-refractivity contribution >= 4 is 11.9 Å². The molecule has 5 heteroatoms. The molecule has 0 saturated heterocycles. The zero-order chi connectivity index (χ0) is 15.2. The summed E-state index contributed by atoms with van der Waals surface area (Å²) in [5, 5.41) is 3.02. The van der Waals surface area contributed by atoms with Gasteiger partial charge < -0.3 is 14.8 Å². The highest BCUT2D eigenvalue weighted by molar-refractivity contribution is 5.94. The van der Waals surface area contributed by atoms with E-state index in [1.807, 2.05) is 0 Å². The third-order valence-corrected chi connectivity index (χ3v) is 3.95. The molecule has 1 fully saturated rings. The average Bonchev–Trinajstić information content (AvgIpc) is 2.55. The molecule has 0 aliphatic heterocycles. The van der Waals surface area contributed by atoms with Crippen molar-refractivity contribution < 1.29 is 19.1 Å². The molecule has 1 saturated carbocycles. The molecule has 0 atom stereocenters. The number of esters is 1. The SMILES string of the molecule is COC(=O)C1CCC(NC(=O)c2ccc(OC)cc2)CC1. The van der Waals surface area contributed by atoms with Crippen molar-refractivity contribution in [3.05, 3.63) is 29.8 Å². The van der Waals surface area contributed by atoms with Gasteiger partial charge in [-0.3, -0.25) is 9.59 Å². The first-order chi connectivity index (χ1) is 10.1. The van der Waals surface area contributed by atoms with Gasteiger partial charge in [0.05, 0.1) is 20.1 Å². The predicted molar refractivity (Wildman–Crippen MR) is 78.2 cm³/mol. The first-order valence-corrected chi connectivity index (χ1v) is 7.16. The van der Waals surface area contributed by atoms with E-state index in [4.69, 9.17) is 9.47 Å². The van der Waals surface area contributed by atoms with Crippen LogP contribution in [0.2, 0.25) is 0 Å². The highest BCUT2D eigenvalue weighted by Gasteiger charge is 2.27. The number of hydrogen-bond donors (Lipinski definition) is 1. The monoisotopic (exact) mass is 291 g/mol. The Kier molecular flexibility index (Phi) is 5.20. The van der Waals surface area contributed by atoms with Crippen LogP contribution in [0, 0.1) is 5.92 Å². The maximum Gasteiger partial charge on any atom is 0.308 e. The van der Waals surface area contributed by atoms with E-state index < -0.39 is 0 Å². The molecular weight excluding hydrogens is 270 g/mol. The minimum absolute atomic E-state index is 0.0239. The third-order valence-electron chi connectivity index (χ3n) is 3.95. The summed E-state index contributed by atoms with van der Waals surface area (Å²) in [4.78, 5) is 23.6. The minimum atomic E-state index is -0.144. The minimum Gasteiger partial charge on any atom is -0.497 e. The van der Waals surface area contributed by atoms with Crippen LogP contribution in [-0.2, 0) is 9.53 Å². The molecule has 1 aromatic carbocycles. The van der Waals surface area contributed by atoms with E-state index >= 15 is 0 Å². The summed E-state index contributed by atoms with van der Waals surface area (Å²) >= 11 is 0. The van der Waals surface area contributed by atoms with Crippen molar-refractivity contribution in [1.29, 1.82) is 0 Å². The van der Waals surface area contributed by atoms with Crippen LogP contribution in [0.25, 0.3) is 0 Å². The molecule has 21 heavy (non-hydrogen) atoms. The summed E-state index contributed by atoms with van der Waals surface area (Å²) in [5.41, 5.74) is 0.617. The number of benzene rings is 1. The fourth-order valence-corrected chi connectivity index (χ4v) is 2.65. The van der Waals surface area contributed by atoms with Crippen LogP contribution >= 0.6 is 0 Å². The third kappa shape index (κ3) is 3.97. The smallest absolute Gasteiger partial charge is 0.308 e. The number of hydrogen-bond acceptors (Lipinski definition) is 4. The van der Waals surface area contributed by atoms with E-state index in [1.54, 1.807) is 31.4 Å². The van der Waals surface area contributed by atoms with Gasteiger partial charge >= 0.3 is 5.97 Å². The summed E-state index contributed by atoms with van der Waals surface area (Å²) in [6.45, 7) is 0. The fraction of sp³-hybridized carbons (Fsp3) is 0.500. The largest absolute Gasteiger partial charge is 0.497 e. The summed E-state index contributed by atoms with van der Waals surface area (Å²) in [6, 6.07) is 7.15. The zero-order valence-electron chi connectivity index (χ0n) is 12.4. The van der Waals surface area contributed by atoms with Gasteiger partial charge in [0.25, 0.3) is 5.91 Å². The summed E-state index contributed by atoms with van der Waals surface area (Å²) < 4.78 is 9.83. The molecule has 1 aliphatic rings. The van der Waals surface area contributed by atoms with Gasteiger partial charge in [-0.2, -0.15) is 0 Å². The zero-order valence-corrected chi connectivity index (χ0v) is 12.4. The second-order valence-electron chi connectivity index (χ2n) is 5.27. The summed E-state index contributed by atoms with van der Waals surface area (Å²) in [7, 11) is 3.01. The van der Waals surface area contributed by atoms with E-state index in [0.29, 0.717) is 5.56 Å². The Balaban J connectivity index is 1.85. The Labute approximate surface area is 124 Å². The van der Waals surface area contributed by atoms with E-state index in [9.17, 15) is 9.59 Å². The average molecular weight is 291 g/mol. The molecule has 2 rings (SSSR count). The molecule has 0 radical (unpaired) electrons. The van der Waals surface area contributed by atoms with Crippen LogP contribution in [0.5, 0.6) is 5.75 Å². The summed E-state index contributed by atoms with van der Waals surface area (Å²) in [5.74, 6) is 0.475. The molecule has 0 aromatic heterocycles. The van der Waals surface area contributed by atoms with Crippen molar-refractivity contribution in [2.75, 3.05) is 14.2 Å². The maximum absolute atomic E-state index is 12.1. The number of carbonyl (C=O) groups excluding carboxylic acids is 2. The van der Waals surface area contributed by atoms with Crippen molar-refractivity contribution in [3.8, 4) is 5.75 Å². The van der Waals surface area contributed by atoms with Crippen molar-refractivity contribution in [2.24, 2.45) is 5.92 Å². The second-order valence-corrected chi connectivity index (χ2v) is 5.27. The highest BCUT2D eigenvalue weighted by atomic mass is 16.5. The normalized spacial score (nSPS) is 21.4. The van der Waals surface area contributed by atoms with E-state index in [1.165, 1.54) is 7.11 Å². The topological polar surface area (TPSA) is 64.6 Å². The number of methoxy groups -OCH3 is 2. The Morgan fingerprint density at radius 2 is 1.67 bits per heavy atom. The van der Waals surface area contributed by atoms with Crippen LogP contribution < -0.4 is 10.1 Å². The number of nitrogens with one attached hydrogen (secondary N) is 1. The van der Waals surface area contributed by atoms with Gasteiger partial charge in [0.1, 0.15) is 5.75 Å². The molecule has 0 unspecified atom stereocenters. The lowest BCUT2D eigenvalue weighted by Crippen LogP contribution is -2.38. The van der Waals surface area contributed by atoms with Gasteiger partial charge in [-0.25, -0.2) is 0 Å². The molecule has 1 aromatic rings. The Morgan fingerprint density at radius 3 is 2.19 bits per heavy atom. The standard InChI is InChI=1S/C16H21NO4/c1-20-14-9-5-11(6-10-14)15(18)17-13-7-3-12(4-8-13)16(19)21-2/h5-6,9-10,12-13H,3-4,7-8H2,1-2H3,(H,17,18).